The molecular weight excluding hydrogens is 170 g/mol. The first-order valence-electron chi connectivity index (χ1n) is 2.30. The van der Waals surface area contributed by atoms with Gasteiger partial charge in [-0.05, 0) is 6.92 Å². The first-order valence-corrected chi connectivity index (χ1v) is 3.42. The van der Waals surface area contributed by atoms with Gasteiger partial charge in [-0.1, -0.05) is 21.1 Å². The highest BCUT2D eigenvalue weighted by atomic mass is 79.9. The molecule has 0 saturated carbocycles. The van der Waals surface area contributed by atoms with Crippen LogP contribution in [0.5, 0.6) is 0 Å². The third-order valence-corrected chi connectivity index (χ3v) is 1.51. The average Bonchev–Trinajstić information content (AvgIpc) is 2.14. The van der Waals surface area contributed by atoms with Gasteiger partial charge in [-0.3, -0.25) is 0 Å². The zero-order valence-electron chi connectivity index (χ0n) is 4.52. The van der Waals surface area contributed by atoms with Crippen molar-refractivity contribution in [2.45, 2.75) is 12.3 Å². The van der Waals surface area contributed by atoms with E-state index in [0.29, 0.717) is 0 Å². The summed E-state index contributed by atoms with van der Waals surface area (Å²) in [5.41, 5.74) is 2.08. The SMILES string of the molecule is Cc1conc1CBr. The quantitative estimate of drug-likeness (QED) is 0.610. The van der Waals surface area contributed by atoms with Crippen LogP contribution >= 0.6 is 15.9 Å². The van der Waals surface area contributed by atoms with Gasteiger partial charge in [0.25, 0.3) is 0 Å². The Kier molecular flexibility index (Phi) is 1.68. The van der Waals surface area contributed by atoms with Gasteiger partial charge in [-0.15, -0.1) is 0 Å². The number of aryl methyl sites for hydroxylation is 1. The molecule has 0 N–H and O–H groups in total. The molecule has 0 aliphatic carbocycles. The predicted molar refractivity (Wildman–Crippen MR) is 33.9 cm³/mol. The maximum Gasteiger partial charge on any atom is 0.127 e. The minimum Gasteiger partial charge on any atom is -0.364 e. The molecule has 1 rings (SSSR count). The van der Waals surface area contributed by atoms with Gasteiger partial charge in [-0.2, -0.15) is 0 Å². The van der Waals surface area contributed by atoms with E-state index in [4.69, 9.17) is 0 Å². The van der Waals surface area contributed by atoms with Gasteiger partial charge in [0.2, 0.25) is 0 Å². The summed E-state index contributed by atoms with van der Waals surface area (Å²) in [6.45, 7) is 1.97. The maximum atomic E-state index is 4.66. The van der Waals surface area contributed by atoms with E-state index in [1.807, 2.05) is 6.92 Å². The van der Waals surface area contributed by atoms with Crippen molar-refractivity contribution in [1.29, 1.82) is 0 Å². The molecule has 0 amide bonds. The number of hydrogen-bond donors (Lipinski definition) is 0. The molecule has 0 fully saturated rings. The topological polar surface area (TPSA) is 26.0 Å². The third-order valence-electron chi connectivity index (χ3n) is 0.974. The fourth-order valence-corrected chi connectivity index (χ4v) is 0.983. The summed E-state index contributed by atoms with van der Waals surface area (Å²) < 4.78 is 4.66. The van der Waals surface area contributed by atoms with E-state index < -0.39 is 0 Å². The van der Waals surface area contributed by atoms with E-state index in [1.54, 1.807) is 6.26 Å². The normalized spacial score (nSPS) is 9.75. The Balaban J connectivity index is 2.92. The molecule has 2 nitrogen and oxygen atoms in total. The number of rotatable bonds is 1. The summed E-state index contributed by atoms with van der Waals surface area (Å²) in [5.74, 6) is 0. The molecule has 0 atom stereocenters. The molecule has 44 valence electrons. The lowest BCUT2D eigenvalue weighted by molar-refractivity contribution is 0.414. The molecule has 0 aliphatic rings. The molecule has 0 unspecified atom stereocenters. The maximum absolute atomic E-state index is 4.66. The van der Waals surface area contributed by atoms with Crippen molar-refractivity contribution in [3.05, 3.63) is 17.5 Å². The van der Waals surface area contributed by atoms with Gasteiger partial charge in [0.1, 0.15) is 6.26 Å². The van der Waals surface area contributed by atoms with Crippen LogP contribution in [-0.4, -0.2) is 5.16 Å². The van der Waals surface area contributed by atoms with Gasteiger partial charge in [0.05, 0.1) is 5.69 Å². The zero-order valence-corrected chi connectivity index (χ0v) is 6.10. The smallest absolute Gasteiger partial charge is 0.127 e. The van der Waals surface area contributed by atoms with Crippen LogP contribution in [0, 0.1) is 6.92 Å². The second-order valence-electron chi connectivity index (χ2n) is 1.58. The molecule has 1 aromatic rings. The van der Waals surface area contributed by atoms with Crippen LogP contribution in [0.3, 0.4) is 0 Å². The van der Waals surface area contributed by atoms with E-state index in [9.17, 15) is 0 Å². The molecule has 0 saturated heterocycles. The Hall–Kier alpha value is -0.310. The number of aromatic nitrogens is 1. The van der Waals surface area contributed by atoms with Crippen molar-refractivity contribution in [1.82, 2.24) is 5.16 Å². The molecule has 0 aromatic carbocycles. The summed E-state index contributed by atoms with van der Waals surface area (Å²) in [4.78, 5) is 0. The van der Waals surface area contributed by atoms with Crippen molar-refractivity contribution in [3.8, 4) is 0 Å². The first kappa shape index (κ1) is 5.82. The van der Waals surface area contributed by atoms with Crippen molar-refractivity contribution < 1.29 is 4.52 Å². The summed E-state index contributed by atoms with van der Waals surface area (Å²) in [5, 5.41) is 4.49. The summed E-state index contributed by atoms with van der Waals surface area (Å²) in [7, 11) is 0. The fourth-order valence-electron chi connectivity index (χ4n) is 0.439. The van der Waals surface area contributed by atoms with E-state index in [-0.39, 0.29) is 0 Å². The largest absolute Gasteiger partial charge is 0.364 e. The van der Waals surface area contributed by atoms with Gasteiger partial charge < -0.3 is 4.52 Å². The fraction of sp³-hybridized carbons (Fsp3) is 0.400. The molecule has 0 spiro atoms. The number of halogens is 1. The minimum absolute atomic E-state index is 0.773. The highest BCUT2D eigenvalue weighted by molar-refractivity contribution is 9.08. The van der Waals surface area contributed by atoms with E-state index in [0.717, 1.165) is 16.6 Å². The Morgan fingerprint density at radius 2 is 2.62 bits per heavy atom. The second-order valence-corrected chi connectivity index (χ2v) is 2.14. The van der Waals surface area contributed by atoms with Crippen LogP contribution in [0.4, 0.5) is 0 Å². The number of nitrogens with zero attached hydrogens (tertiary/aromatic N) is 1. The van der Waals surface area contributed by atoms with Crippen LogP contribution in [0.15, 0.2) is 10.8 Å². The third kappa shape index (κ3) is 0.916. The average molecular weight is 176 g/mol. The molecule has 3 heteroatoms. The first-order chi connectivity index (χ1) is 3.84. The Morgan fingerprint density at radius 3 is 2.88 bits per heavy atom. The Bertz CT molecular complexity index is 173. The van der Waals surface area contributed by atoms with Gasteiger partial charge in [0, 0.05) is 10.9 Å². The van der Waals surface area contributed by atoms with Crippen molar-refractivity contribution >= 4 is 15.9 Å². The minimum atomic E-state index is 0.773. The van der Waals surface area contributed by atoms with Crippen LogP contribution in [0.1, 0.15) is 11.3 Å². The lowest BCUT2D eigenvalue weighted by Gasteiger charge is -1.81. The Morgan fingerprint density at radius 1 is 1.88 bits per heavy atom. The predicted octanol–water partition coefficient (Wildman–Crippen LogP) is 1.88. The van der Waals surface area contributed by atoms with Crippen LogP contribution in [-0.2, 0) is 5.33 Å². The summed E-state index contributed by atoms with van der Waals surface area (Å²) in [6, 6.07) is 0. The monoisotopic (exact) mass is 175 g/mol. The van der Waals surface area contributed by atoms with E-state index in [2.05, 4.69) is 25.6 Å². The molecule has 8 heavy (non-hydrogen) atoms. The number of hydrogen-bond acceptors (Lipinski definition) is 2. The standard InChI is InChI=1S/C5H6BrNO/c1-4-3-8-7-5(4)2-6/h3H,2H2,1H3. The molecule has 0 radical (unpaired) electrons. The molecule has 1 aromatic heterocycles. The molecule has 0 bridgehead atoms. The van der Waals surface area contributed by atoms with E-state index in [1.165, 1.54) is 0 Å². The van der Waals surface area contributed by atoms with Crippen LogP contribution in [0.2, 0.25) is 0 Å². The van der Waals surface area contributed by atoms with Crippen LogP contribution in [0.25, 0.3) is 0 Å². The zero-order chi connectivity index (χ0) is 5.98. The molecular formula is C5H6BrNO. The molecule has 0 aliphatic heterocycles. The highest BCUT2D eigenvalue weighted by Crippen LogP contribution is 2.07. The van der Waals surface area contributed by atoms with Gasteiger partial charge in [-0.25, -0.2) is 0 Å². The van der Waals surface area contributed by atoms with Crippen LogP contribution < -0.4 is 0 Å². The van der Waals surface area contributed by atoms with Gasteiger partial charge >= 0.3 is 0 Å². The van der Waals surface area contributed by atoms with Crippen molar-refractivity contribution in [2.24, 2.45) is 0 Å². The van der Waals surface area contributed by atoms with Gasteiger partial charge in [0.15, 0.2) is 0 Å². The highest BCUT2D eigenvalue weighted by Gasteiger charge is 1.97. The Labute approximate surface area is 56.0 Å². The van der Waals surface area contributed by atoms with Crippen molar-refractivity contribution in [3.63, 3.8) is 0 Å². The van der Waals surface area contributed by atoms with Crippen molar-refractivity contribution in [2.75, 3.05) is 0 Å². The second kappa shape index (κ2) is 2.31. The summed E-state index contributed by atoms with van der Waals surface area (Å²) in [6.07, 6.45) is 1.64. The summed E-state index contributed by atoms with van der Waals surface area (Å²) >= 11 is 3.26. The van der Waals surface area contributed by atoms with E-state index >= 15 is 0 Å². The molecule has 1 heterocycles. The number of alkyl halides is 1. The lowest BCUT2D eigenvalue weighted by atomic mass is 10.3. The lowest BCUT2D eigenvalue weighted by Crippen LogP contribution is -1.77.